The van der Waals surface area contributed by atoms with E-state index in [1.165, 1.54) is 14.2 Å². The molecule has 180 valence electrons. The summed E-state index contributed by atoms with van der Waals surface area (Å²) in [7, 11) is 2.93. The topological polar surface area (TPSA) is 90.7 Å². The molecule has 0 aliphatic heterocycles. The summed E-state index contributed by atoms with van der Waals surface area (Å²) in [6, 6.07) is 18.2. The fraction of sp³-hybridized carbons (Fsp3) is 0.250. The monoisotopic (exact) mass is 472 g/mol. The molecular formula is C28H28N2O5. The molecule has 0 radical (unpaired) electrons. The van der Waals surface area contributed by atoms with Crippen molar-refractivity contribution in [2.75, 3.05) is 14.2 Å². The normalized spacial score (nSPS) is 10.9. The minimum Gasteiger partial charge on any atom is -0.492 e. The number of hydrogen-bond acceptors (Lipinski definition) is 5. The summed E-state index contributed by atoms with van der Waals surface area (Å²) < 4.78 is 12.8. The number of carbonyl (C=O) groups is 1. The van der Waals surface area contributed by atoms with Crippen molar-refractivity contribution in [2.45, 2.75) is 32.7 Å². The predicted molar refractivity (Wildman–Crippen MR) is 136 cm³/mol. The first kappa shape index (κ1) is 24.0. The number of aromatic carboxylic acids is 1. The van der Waals surface area contributed by atoms with Gasteiger partial charge in [0.15, 0.2) is 11.5 Å². The summed E-state index contributed by atoms with van der Waals surface area (Å²) in [5.74, 6) is 0.348. The van der Waals surface area contributed by atoms with Crippen molar-refractivity contribution in [1.29, 1.82) is 0 Å². The SMILES string of the molecule is CCCCc1nc2cc(OC)c(=O)c(OC)cc2n1Cc1ccc(-c2ccccc2C(=O)O)cc1. The Bertz CT molecular complexity index is 1420. The van der Waals surface area contributed by atoms with Gasteiger partial charge in [-0.25, -0.2) is 9.78 Å². The molecule has 0 saturated carbocycles. The first-order valence-corrected chi connectivity index (χ1v) is 11.5. The van der Waals surface area contributed by atoms with Crippen molar-refractivity contribution in [3.8, 4) is 22.6 Å². The second kappa shape index (κ2) is 10.4. The number of rotatable bonds is 9. The highest BCUT2D eigenvalue weighted by Gasteiger charge is 2.16. The van der Waals surface area contributed by atoms with E-state index in [0.29, 0.717) is 17.6 Å². The molecule has 1 aromatic heterocycles. The highest BCUT2D eigenvalue weighted by atomic mass is 16.5. The van der Waals surface area contributed by atoms with Crippen LogP contribution in [0.25, 0.3) is 22.2 Å². The van der Waals surface area contributed by atoms with E-state index in [4.69, 9.17) is 14.5 Å². The number of methoxy groups -OCH3 is 2. The molecule has 1 heterocycles. The number of unbranched alkanes of at least 4 members (excludes halogenated alkanes) is 1. The fourth-order valence-corrected chi connectivity index (χ4v) is 4.19. The zero-order valence-corrected chi connectivity index (χ0v) is 20.1. The van der Waals surface area contributed by atoms with Crippen LogP contribution in [0, 0.1) is 0 Å². The number of benzene rings is 2. The maximum atomic E-state index is 12.7. The Morgan fingerprint density at radius 3 is 2.34 bits per heavy atom. The molecule has 0 spiro atoms. The van der Waals surface area contributed by atoms with Gasteiger partial charge in [-0.3, -0.25) is 4.79 Å². The van der Waals surface area contributed by atoms with Crippen molar-refractivity contribution in [1.82, 2.24) is 9.55 Å². The summed E-state index contributed by atoms with van der Waals surface area (Å²) in [6.45, 7) is 2.68. The van der Waals surface area contributed by atoms with Gasteiger partial charge in [0.2, 0.25) is 0 Å². The van der Waals surface area contributed by atoms with Gasteiger partial charge in [0.1, 0.15) is 5.82 Å². The van der Waals surface area contributed by atoms with Gasteiger partial charge in [-0.2, -0.15) is 0 Å². The van der Waals surface area contributed by atoms with Crippen molar-refractivity contribution in [3.63, 3.8) is 0 Å². The van der Waals surface area contributed by atoms with Crippen molar-refractivity contribution >= 4 is 17.0 Å². The van der Waals surface area contributed by atoms with Crippen LogP contribution in [0.5, 0.6) is 11.5 Å². The Morgan fingerprint density at radius 1 is 1.00 bits per heavy atom. The molecule has 3 aromatic carbocycles. The molecule has 0 saturated heterocycles. The lowest BCUT2D eigenvalue weighted by atomic mass is 9.99. The lowest BCUT2D eigenvalue weighted by molar-refractivity contribution is 0.0697. The summed E-state index contributed by atoms with van der Waals surface area (Å²) in [6.07, 6.45) is 2.82. The van der Waals surface area contributed by atoms with Gasteiger partial charge < -0.3 is 19.1 Å². The molecule has 0 aliphatic rings. The highest BCUT2D eigenvalue weighted by Crippen LogP contribution is 2.27. The largest absolute Gasteiger partial charge is 0.492 e. The fourth-order valence-electron chi connectivity index (χ4n) is 4.19. The lowest BCUT2D eigenvalue weighted by Gasteiger charge is -2.11. The number of carboxylic acids is 1. The van der Waals surface area contributed by atoms with Gasteiger partial charge in [-0.15, -0.1) is 0 Å². The Balaban J connectivity index is 1.78. The van der Waals surface area contributed by atoms with Crippen molar-refractivity contribution < 1.29 is 19.4 Å². The minimum absolute atomic E-state index is 0.185. The zero-order valence-electron chi connectivity index (χ0n) is 20.1. The maximum Gasteiger partial charge on any atom is 0.336 e. The van der Waals surface area contributed by atoms with E-state index >= 15 is 0 Å². The van der Waals surface area contributed by atoms with Crippen LogP contribution in [0.2, 0.25) is 0 Å². The Morgan fingerprint density at radius 2 is 1.69 bits per heavy atom. The highest BCUT2D eigenvalue weighted by molar-refractivity contribution is 5.96. The molecule has 0 unspecified atom stereocenters. The van der Waals surface area contributed by atoms with Gasteiger partial charge >= 0.3 is 5.97 Å². The Kier molecular flexibility index (Phi) is 7.15. The van der Waals surface area contributed by atoms with Crippen LogP contribution in [0.3, 0.4) is 0 Å². The number of hydrogen-bond donors (Lipinski definition) is 1. The molecule has 0 bridgehead atoms. The molecule has 7 nitrogen and oxygen atoms in total. The van der Waals surface area contributed by atoms with E-state index in [1.807, 2.05) is 36.4 Å². The molecule has 7 heteroatoms. The number of aromatic nitrogens is 2. The first-order chi connectivity index (χ1) is 17.0. The summed E-state index contributed by atoms with van der Waals surface area (Å²) in [5, 5.41) is 9.52. The number of fused-ring (bicyclic) bond motifs is 1. The van der Waals surface area contributed by atoms with Crippen molar-refractivity contribution in [2.24, 2.45) is 0 Å². The molecule has 0 atom stereocenters. The molecule has 0 aliphatic carbocycles. The molecule has 4 rings (SSSR count). The minimum atomic E-state index is -0.954. The third-order valence-electron chi connectivity index (χ3n) is 6.05. The molecule has 1 N–H and O–H groups in total. The van der Waals surface area contributed by atoms with Crippen LogP contribution in [0.1, 0.15) is 41.5 Å². The smallest absolute Gasteiger partial charge is 0.336 e. The standard InChI is InChI=1S/C28H28N2O5/c1-4-5-10-26-29-22-15-24(34-2)27(31)25(35-3)16-23(22)30(26)17-18-11-13-19(14-12-18)20-8-6-7-9-21(20)28(32)33/h6-9,11-16H,4-5,10,17H2,1-3H3,(H,32,33). The molecule has 0 fully saturated rings. The van der Waals surface area contributed by atoms with E-state index < -0.39 is 5.97 Å². The first-order valence-electron chi connectivity index (χ1n) is 11.5. The van der Waals surface area contributed by atoms with Gasteiger partial charge in [0.25, 0.3) is 5.43 Å². The van der Waals surface area contributed by atoms with E-state index in [2.05, 4.69) is 11.5 Å². The average molecular weight is 473 g/mol. The number of ether oxygens (including phenoxy) is 2. The summed E-state index contributed by atoms with van der Waals surface area (Å²) in [5.41, 5.74) is 3.94. The predicted octanol–water partition coefficient (Wildman–Crippen LogP) is 5.17. The lowest BCUT2D eigenvalue weighted by Crippen LogP contribution is -2.07. The van der Waals surface area contributed by atoms with Crippen LogP contribution >= 0.6 is 0 Å². The summed E-state index contributed by atoms with van der Waals surface area (Å²) >= 11 is 0. The van der Waals surface area contributed by atoms with Crippen LogP contribution in [-0.2, 0) is 13.0 Å². The third-order valence-corrected chi connectivity index (χ3v) is 6.05. The van der Waals surface area contributed by atoms with Gasteiger partial charge in [-0.1, -0.05) is 55.8 Å². The number of aryl methyl sites for hydroxylation is 1. The second-order valence-corrected chi connectivity index (χ2v) is 8.29. The quantitative estimate of drug-likeness (QED) is 0.361. The third kappa shape index (κ3) is 4.89. The average Bonchev–Trinajstić information content (AvgIpc) is 3.12. The van der Waals surface area contributed by atoms with E-state index in [1.54, 1.807) is 24.3 Å². The second-order valence-electron chi connectivity index (χ2n) is 8.29. The van der Waals surface area contributed by atoms with Crippen LogP contribution in [0.4, 0.5) is 0 Å². The maximum absolute atomic E-state index is 12.7. The number of carboxylic acid groups (broad SMARTS) is 1. The van der Waals surface area contributed by atoms with E-state index in [-0.39, 0.29) is 22.5 Å². The van der Waals surface area contributed by atoms with E-state index in [9.17, 15) is 14.7 Å². The van der Waals surface area contributed by atoms with Crippen molar-refractivity contribution in [3.05, 3.63) is 87.8 Å². The molecule has 0 amide bonds. The number of nitrogens with zero attached hydrogens (tertiary/aromatic N) is 2. The van der Waals surface area contributed by atoms with Crippen LogP contribution in [0.15, 0.2) is 65.5 Å². The van der Waals surface area contributed by atoms with E-state index in [0.717, 1.165) is 41.7 Å². The summed E-state index contributed by atoms with van der Waals surface area (Å²) in [4.78, 5) is 29.1. The Labute approximate surface area is 203 Å². The molecular weight excluding hydrogens is 444 g/mol. The Hall–Kier alpha value is -4.13. The number of imidazole rings is 1. The van der Waals surface area contributed by atoms with Crippen LogP contribution in [-0.4, -0.2) is 34.8 Å². The van der Waals surface area contributed by atoms with Gasteiger partial charge in [0, 0.05) is 25.1 Å². The zero-order chi connectivity index (χ0) is 24.9. The van der Waals surface area contributed by atoms with Gasteiger partial charge in [0.05, 0.1) is 30.8 Å². The van der Waals surface area contributed by atoms with Crippen LogP contribution < -0.4 is 14.9 Å². The molecule has 35 heavy (non-hydrogen) atoms. The molecule has 4 aromatic rings. The van der Waals surface area contributed by atoms with Gasteiger partial charge in [-0.05, 0) is 29.2 Å².